The van der Waals surface area contributed by atoms with Gasteiger partial charge in [-0.25, -0.2) is 4.39 Å². The smallest absolute Gasteiger partial charge is 0.123 e. The van der Waals surface area contributed by atoms with Gasteiger partial charge in [0.05, 0.1) is 0 Å². The molecule has 0 aliphatic rings. The molecule has 1 aromatic heterocycles. The van der Waals surface area contributed by atoms with Crippen molar-refractivity contribution < 1.29 is 9.13 Å². The summed E-state index contributed by atoms with van der Waals surface area (Å²) in [5.74, 6) is 0.379. The summed E-state index contributed by atoms with van der Waals surface area (Å²) in [4.78, 5) is 0. The molecule has 0 radical (unpaired) electrons. The predicted molar refractivity (Wildman–Crippen MR) is 88.1 cm³/mol. The zero-order chi connectivity index (χ0) is 15.7. The number of fused-ring (bicyclic) bond motifs is 1. The summed E-state index contributed by atoms with van der Waals surface area (Å²) in [7, 11) is 0. The molecular formula is C18H17ClFNO. The van der Waals surface area contributed by atoms with E-state index in [0.717, 1.165) is 16.5 Å². The third kappa shape index (κ3) is 2.95. The first-order valence-corrected chi connectivity index (χ1v) is 7.60. The number of nitrogens with zero attached hydrogens (tertiary/aromatic N) is 1. The van der Waals surface area contributed by atoms with Gasteiger partial charge in [-0.15, -0.1) is 0 Å². The zero-order valence-corrected chi connectivity index (χ0v) is 13.3. The minimum Gasteiger partial charge on any atom is -0.489 e. The topological polar surface area (TPSA) is 14.2 Å². The van der Waals surface area contributed by atoms with Gasteiger partial charge in [0, 0.05) is 33.7 Å². The Balaban J connectivity index is 1.92. The Morgan fingerprint density at radius 3 is 2.55 bits per heavy atom. The lowest BCUT2D eigenvalue weighted by molar-refractivity contribution is 0.306. The second kappa shape index (κ2) is 6.01. The molecule has 3 rings (SSSR count). The lowest BCUT2D eigenvalue weighted by atomic mass is 10.2. The van der Waals surface area contributed by atoms with E-state index >= 15 is 0 Å². The molecule has 0 aliphatic carbocycles. The summed E-state index contributed by atoms with van der Waals surface area (Å²) in [6.07, 6.45) is 2.09. The van der Waals surface area contributed by atoms with Gasteiger partial charge in [-0.1, -0.05) is 11.6 Å². The van der Waals surface area contributed by atoms with Crippen LogP contribution in [0.4, 0.5) is 4.39 Å². The number of hydrogen-bond donors (Lipinski definition) is 0. The summed E-state index contributed by atoms with van der Waals surface area (Å²) >= 11 is 6.12. The Hall–Kier alpha value is -2.00. The van der Waals surface area contributed by atoms with Gasteiger partial charge in [0.1, 0.15) is 18.2 Å². The molecule has 0 bridgehead atoms. The summed E-state index contributed by atoms with van der Waals surface area (Å²) in [5, 5.41) is 1.79. The van der Waals surface area contributed by atoms with Gasteiger partial charge in [0.2, 0.25) is 0 Å². The van der Waals surface area contributed by atoms with Gasteiger partial charge in [-0.2, -0.15) is 0 Å². The van der Waals surface area contributed by atoms with E-state index in [1.165, 1.54) is 12.1 Å². The van der Waals surface area contributed by atoms with E-state index in [1.807, 2.05) is 18.2 Å². The van der Waals surface area contributed by atoms with Crippen molar-refractivity contribution in [2.45, 2.75) is 26.5 Å². The summed E-state index contributed by atoms with van der Waals surface area (Å²) in [5.41, 5.74) is 2.20. The molecule has 0 amide bonds. The average molecular weight is 318 g/mol. The van der Waals surface area contributed by atoms with E-state index in [4.69, 9.17) is 16.3 Å². The number of benzene rings is 2. The molecule has 3 aromatic rings. The van der Waals surface area contributed by atoms with Crippen LogP contribution in [0, 0.1) is 5.82 Å². The third-order valence-corrected chi connectivity index (χ3v) is 3.88. The third-order valence-electron chi connectivity index (χ3n) is 3.64. The van der Waals surface area contributed by atoms with Gasteiger partial charge in [0.25, 0.3) is 0 Å². The Morgan fingerprint density at radius 2 is 1.86 bits per heavy atom. The lowest BCUT2D eigenvalue weighted by Crippen LogP contribution is -1.98. The minimum absolute atomic E-state index is 0.268. The first-order chi connectivity index (χ1) is 10.5. The quantitative estimate of drug-likeness (QED) is 0.611. The van der Waals surface area contributed by atoms with Crippen molar-refractivity contribution in [1.82, 2.24) is 4.57 Å². The van der Waals surface area contributed by atoms with Crippen LogP contribution in [-0.2, 0) is 6.61 Å². The normalized spacial score (nSPS) is 11.3. The first kappa shape index (κ1) is 14.9. The fraction of sp³-hybridized carbons (Fsp3) is 0.222. The van der Waals surface area contributed by atoms with Gasteiger partial charge in [-0.05, 0) is 56.3 Å². The second-order valence-corrected chi connectivity index (χ2v) is 6.00. The highest BCUT2D eigenvalue weighted by Gasteiger charge is 2.11. The van der Waals surface area contributed by atoms with E-state index in [9.17, 15) is 4.39 Å². The van der Waals surface area contributed by atoms with E-state index < -0.39 is 0 Å². The monoisotopic (exact) mass is 317 g/mol. The molecule has 0 saturated carbocycles. The van der Waals surface area contributed by atoms with E-state index in [-0.39, 0.29) is 5.82 Å². The van der Waals surface area contributed by atoms with Crippen molar-refractivity contribution in [2.75, 3.05) is 0 Å². The number of halogens is 2. The zero-order valence-electron chi connectivity index (χ0n) is 12.5. The van der Waals surface area contributed by atoms with Gasteiger partial charge in [-0.3, -0.25) is 0 Å². The molecule has 0 unspecified atom stereocenters. The highest BCUT2D eigenvalue weighted by molar-refractivity contribution is 6.31. The highest BCUT2D eigenvalue weighted by Crippen LogP contribution is 2.28. The molecule has 0 fully saturated rings. The van der Waals surface area contributed by atoms with Crippen molar-refractivity contribution in [3.05, 3.63) is 65.1 Å². The van der Waals surface area contributed by atoms with Crippen LogP contribution in [0.15, 0.2) is 48.7 Å². The Kier molecular flexibility index (Phi) is 4.08. The fourth-order valence-electron chi connectivity index (χ4n) is 2.53. The van der Waals surface area contributed by atoms with Crippen molar-refractivity contribution >= 4 is 22.5 Å². The molecule has 0 spiro atoms. The SMILES string of the molecule is CC(C)n1cc(COc2ccc(F)cc2)c2cc(Cl)ccc21. The van der Waals surface area contributed by atoms with Crippen molar-refractivity contribution in [3.63, 3.8) is 0 Å². The average Bonchev–Trinajstić information content (AvgIpc) is 2.85. The van der Waals surface area contributed by atoms with E-state index in [2.05, 4.69) is 24.6 Å². The van der Waals surface area contributed by atoms with Crippen LogP contribution >= 0.6 is 11.6 Å². The maximum atomic E-state index is 12.9. The summed E-state index contributed by atoms with van der Waals surface area (Å²) < 4.78 is 20.9. The van der Waals surface area contributed by atoms with Gasteiger partial charge < -0.3 is 9.30 Å². The molecule has 114 valence electrons. The number of hydrogen-bond acceptors (Lipinski definition) is 1. The molecular weight excluding hydrogens is 301 g/mol. The van der Waals surface area contributed by atoms with Crippen molar-refractivity contribution in [3.8, 4) is 5.75 Å². The summed E-state index contributed by atoms with van der Waals surface area (Å²) in [6, 6.07) is 12.3. The van der Waals surface area contributed by atoms with Crippen molar-refractivity contribution in [1.29, 1.82) is 0 Å². The Morgan fingerprint density at radius 1 is 1.14 bits per heavy atom. The first-order valence-electron chi connectivity index (χ1n) is 7.22. The molecule has 0 N–H and O–H groups in total. The predicted octanol–water partition coefficient (Wildman–Crippen LogP) is 5.59. The Bertz CT molecular complexity index is 793. The second-order valence-electron chi connectivity index (χ2n) is 5.56. The highest BCUT2D eigenvalue weighted by atomic mass is 35.5. The number of ether oxygens (including phenoxy) is 1. The van der Waals surface area contributed by atoms with Crippen LogP contribution in [0.5, 0.6) is 5.75 Å². The van der Waals surface area contributed by atoms with Gasteiger partial charge >= 0.3 is 0 Å². The maximum Gasteiger partial charge on any atom is 0.123 e. The fourth-order valence-corrected chi connectivity index (χ4v) is 2.70. The van der Waals surface area contributed by atoms with Crippen LogP contribution in [0.3, 0.4) is 0 Å². The van der Waals surface area contributed by atoms with Crippen LogP contribution < -0.4 is 4.74 Å². The molecule has 22 heavy (non-hydrogen) atoms. The minimum atomic E-state index is -0.268. The van der Waals surface area contributed by atoms with E-state index in [1.54, 1.807) is 12.1 Å². The molecule has 4 heteroatoms. The number of rotatable bonds is 4. The molecule has 0 saturated heterocycles. The number of aromatic nitrogens is 1. The largest absolute Gasteiger partial charge is 0.489 e. The molecule has 0 aliphatic heterocycles. The standard InChI is InChI=1S/C18H17ClFNO/c1-12(2)21-10-13(17-9-14(19)3-8-18(17)21)11-22-16-6-4-15(20)5-7-16/h3-10,12H,11H2,1-2H3. The van der Waals surface area contributed by atoms with Crippen LogP contribution in [0.2, 0.25) is 5.02 Å². The Labute approximate surface area is 134 Å². The lowest BCUT2D eigenvalue weighted by Gasteiger charge is -2.08. The summed E-state index contributed by atoms with van der Waals surface area (Å²) in [6.45, 7) is 4.69. The maximum absolute atomic E-state index is 12.9. The van der Waals surface area contributed by atoms with Crippen LogP contribution in [0.25, 0.3) is 10.9 Å². The molecule has 1 heterocycles. The van der Waals surface area contributed by atoms with Crippen molar-refractivity contribution in [2.24, 2.45) is 0 Å². The van der Waals surface area contributed by atoms with Crippen LogP contribution in [0.1, 0.15) is 25.5 Å². The van der Waals surface area contributed by atoms with Gasteiger partial charge in [0.15, 0.2) is 0 Å². The molecule has 0 atom stereocenters. The molecule has 2 aromatic carbocycles. The van der Waals surface area contributed by atoms with Crippen LogP contribution in [-0.4, -0.2) is 4.57 Å². The van der Waals surface area contributed by atoms with E-state index in [0.29, 0.717) is 23.4 Å². The molecule has 2 nitrogen and oxygen atoms in total.